The van der Waals surface area contributed by atoms with Gasteiger partial charge in [0.1, 0.15) is 17.3 Å². The van der Waals surface area contributed by atoms with Gasteiger partial charge < -0.3 is 4.90 Å². The van der Waals surface area contributed by atoms with Crippen LogP contribution in [-0.2, 0) is 11.2 Å². The van der Waals surface area contributed by atoms with Crippen molar-refractivity contribution in [3.63, 3.8) is 0 Å². The first-order chi connectivity index (χ1) is 16.9. The van der Waals surface area contributed by atoms with Crippen LogP contribution >= 0.6 is 0 Å². The zero-order valence-corrected chi connectivity index (χ0v) is 18.7. The summed E-state index contributed by atoms with van der Waals surface area (Å²) in [5.41, 5.74) is 2.71. The molecule has 0 radical (unpaired) electrons. The molecule has 0 unspecified atom stereocenters. The lowest BCUT2D eigenvalue weighted by Crippen LogP contribution is -2.48. The van der Waals surface area contributed by atoms with Crippen LogP contribution in [0.1, 0.15) is 28.4 Å². The molecule has 0 atom stereocenters. The number of ketones is 1. The summed E-state index contributed by atoms with van der Waals surface area (Å²) in [6, 6.07) is 15.7. The van der Waals surface area contributed by atoms with E-state index in [0.29, 0.717) is 37.4 Å². The van der Waals surface area contributed by atoms with Crippen LogP contribution in [0.2, 0.25) is 0 Å². The molecule has 5 rings (SSSR count). The summed E-state index contributed by atoms with van der Waals surface area (Å²) in [5, 5.41) is 11.8. The summed E-state index contributed by atoms with van der Waals surface area (Å²) in [4.78, 5) is 32.2. The van der Waals surface area contributed by atoms with Crippen molar-refractivity contribution >= 4 is 11.5 Å². The van der Waals surface area contributed by atoms with Crippen molar-refractivity contribution < 1.29 is 18.5 Å². The summed E-state index contributed by atoms with van der Waals surface area (Å²) < 4.78 is 27.2. The molecule has 9 heteroatoms. The van der Waals surface area contributed by atoms with Crippen molar-refractivity contribution in [3.05, 3.63) is 117 Å². The van der Waals surface area contributed by atoms with E-state index in [1.807, 2.05) is 4.90 Å². The standard InChI is InChI=1S/C26H22F2N4O3/c27-20-7-3-17(4-8-20)24(18-5-9-21(28)10-6-18)30-12-14-31(15-13-30)26-23-19(2-1-11-29-23)16-22(33)25(26)32(34)35/h1-11,24H,12-16H2. The Morgan fingerprint density at radius 2 is 1.46 bits per heavy atom. The number of allylic oxidation sites excluding steroid dienone is 1. The Hall–Kier alpha value is -3.98. The van der Waals surface area contributed by atoms with Gasteiger partial charge in [0.2, 0.25) is 5.78 Å². The highest BCUT2D eigenvalue weighted by Gasteiger charge is 2.39. The van der Waals surface area contributed by atoms with Gasteiger partial charge in [-0.15, -0.1) is 0 Å². The van der Waals surface area contributed by atoms with Gasteiger partial charge in [-0.05, 0) is 47.0 Å². The maximum absolute atomic E-state index is 13.6. The first-order valence-corrected chi connectivity index (χ1v) is 11.3. The lowest BCUT2D eigenvalue weighted by molar-refractivity contribution is -0.418. The van der Waals surface area contributed by atoms with E-state index in [-0.39, 0.29) is 29.8 Å². The van der Waals surface area contributed by atoms with Crippen molar-refractivity contribution in [1.29, 1.82) is 0 Å². The minimum absolute atomic E-state index is 0.0415. The van der Waals surface area contributed by atoms with Crippen LogP contribution in [0.15, 0.2) is 72.6 Å². The van der Waals surface area contributed by atoms with Crippen LogP contribution in [0.3, 0.4) is 0 Å². The molecule has 1 aliphatic carbocycles. The van der Waals surface area contributed by atoms with E-state index >= 15 is 0 Å². The molecule has 7 nitrogen and oxygen atoms in total. The van der Waals surface area contributed by atoms with E-state index in [4.69, 9.17) is 0 Å². The largest absolute Gasteiger partial charge is 0.362 e. The molecule has 35 heavy (non-hydrogen) atoms. The number of pyridine rings is 1. The zero-order valence-electron chi connectivity index (χ0n) is 18.7. The van der Waals surface area contributed by atoms with E-state index in [2.05, 4.69) is 9.88 Å². The number of aromatic nitrogens is 1. The van der Waals surface area contributed by atoms with Gasteiger partial charge in [0.05, 0.1) is 16.7 Å². The molecule has 0 spiro atoms. The first kappa shape index (κ1) is 22.8. The maximum Gasteiger partial charge on any atom is 0.337 e. The second kappa shape index (κ2) is 9.34. The van der Waals surface area contributed by atoms with Crippen LogP contribution in [0.5, 0.6) is 0 Å². The number of nitro groups is 1. The Morgan fingerprint density at radius 1 is 0.886 bits per heavy atom. The normalized spacial score (nSPS) is 16.5. The molecule has 3 aromatic rings. The molecule has 0 saturated carbocycles. The average Bonchev–Trinajstić information content (AvgIpc) is 2.86. The zero-order chi connectivity index (χ0) is 24.5. The topological polar surface area (TPSA) is 79.6 Å². The molecule has 1 saturated heterocycles. The van der Waals surface area contributed by atoms with Gasteiger partial charge in [-0.1, -0.05) is 30.3 Å². The molecule has 1 aliphatic heterocycles. The second-order valence-electron chi connectivity index (χ2n) is 8.59. The number of rotatable bonds is 5. The van der Waals surface area contributed by atoms with Crippen LogP contribution in [0.25, 0.3) is 5.70 Å². The van der Waals surface area contributed by atoms with Crippen molar-refractivity contribution in [3.8, 4) is 0 Å². The van der Waals surface area contributed by atoms with Crippen LogP contribution < -0.4 is 0 Å². The Kier molecular flexibility index (Phi) is 6.08. The Bertz CT molecular complexity index is 1260. The fourth-order valence-corrected chi connectivity index (χ4v) is 4.89. The summed E-state index contributed by atoms with van der Waals surface area (Å²) in [6.45, 7) is 1.89. The Morgan fingerprint density at radius 3 is 2.00 bits per heavy atom. The van der Waals surface area contributed by atoms with Crippen LogP contribution in [0.4, 0.5) is 8.78 Å². The van der Waals surface area contributed by atoms with Crippen molar-refractivity contribution in [2.75, 3.05) is 26.2 Å². The highest BCUT2D eigenvalue weighted by Crippen LogP contribution is 2.34. The Labute approximate surface area is 200 Å². The molecule has 2 aromatic carbocycles. The molecular weight excluding hydrogens is 454 g/mol. The summed E-state index contributed by atoms with van der Waals surface area (Å²) in [6.07, 6.45) is 1.53. The summed E-state index contributed by atoms with van der Waals surface area (Å²) in [5.74, 6) is -1.21. The number of Topliss-reactive ketones (excluding diaryl/α,β-unsaturated/α-hetero) is 1. The number of nitrogens with zero attached hydrogens (tertiary/aromatic N) is 4. The van der Waals surface area contributed by atoms with Crippen molar-refractivity contribution in [2.45, 2.75) is 12.5 Å². The lowest BCUT2D eigenvalue weighted by atomic mass is 9.94. The highest BCUT2D eigenvalue weighted by atomic mass is 19.1. The fourth-order valence-electron chi connectivity index (χ4n) is 4.89. The number of carbonyl (C=O) groups excluding carboxylic acids is 1. The number of hydrogen-bond acceptors (Lipinski definition) is 6. The van der Waals surface area contributed by atoms with Gasteiger partial charge in [0, 0.05) is 38.8 Å². The van der Waals surface area contributed by atoms with Crippen molar-refractivity contribution in [1.82, 2.24) is 14.8 Å². The quantitative estimate of drug-likeness (QED) is 0.411. The number of halogens is 2. The molecule has 0 amide bonds. The number of fused-ring (bicyclic) bond motifs is 1. The van der Waals surface area contributed by atoms with Gasteiger partial charge in [-0.2, -0.15) is 0 Å². The maximum atomic E-state index is 13.6. The van der Waals surface area contributed by atoms with Crippen molar-refractivity contribution in [2.24, 2.45) is 0 Å². The van der Waals surface area contributed by atoms with Gasteiger partial charge >= 0.3 is 5.70 Å². The predicted octanol–water partition coefficient (Wildman–Crippen LogP) is 3.84. The fraction of sp³-hybridized carbons (Fsp3) is 0.231. The second-order valence-corrected chi connectivity index (χ2v) is 8.59. The first-order valence-electron chi connectivity index (χ1n) is 11.3. The third-order valence-corrected chi connectivity index (χ3v) is 6.50. The number of hydrogen-bond donors (Lipinski definition) is 0. The van der Waals surface area contributed by atoms with Gasteiger partial charge in [-0.3, -0.25) is 24.8 Å². The molecule has 1 fully saturated rings. The predicted molar refractivity (Wildman–Crippen MR) is 125 cm³/mol. The third-order valence-electron chi connectivity index (χ3n) is 6.50. The van der Waals surface area contributed by atoms with E-state index in [1.54, 1.807) is 42.6 Å². The molecule has 0 bridgehead atoms. The summed E-state index contributed by atoms with van der Waals surface area (Å²) >= 11 is 0. The molecular formula is C26H22F2N4O3. The molecule has 0 N–H and O–H groups in total. The van der Waals surface area contributed by atoms with Crippen LogP contribution in [0, 0.1) is 21.7 Å². The average molecular weight is 476 g/mol. The monoisotopic (exact) mass is 476 g/mol. The molecule has 2 aliphatic rings. The van der Waals surface area contributed by atoms with E-state index in [1.165, 1.54) is 24.3 Å². The third kappa shape index (κ3) is 4.42. The van der Waals surface area contributed by atoms with Gasteiger partial charge in [-0.25, -0.2) is 8.78 Å². The van der Waals surface area contributed by atoms with E-state index in [0.717, 1.165) is 11.1 Å². The van der Waals surface area contributed by atoms with Crippen LogP contribution in [-0.4, -0.2) is 51.7 Å². The number of piperazine rings is 1. The smallest absolute Gasteiger partial charge is 0.337 e. The van der Waals surface area contributed by atoms with Gasteiger partial charge in [0.25, 0.3) is 0 Å². The minimum atomic E-state index is -0.610. The minimum Gasteiger partial charge on any atom is -0.362 e. The van der Waals surface area contributed by atoms with Gasteiger partial charge in [0.15, 0.2) is 0 Å². The number of benzene rings is 2. The molecule has 178 valence electrons. The number of carbonyl (C=O) groups is 1. The SMILES string of the molecule is O=C1Cc2cccnc2C(N2CCN(C(c3ccc(F)cc3)c3ccc(F)cc3)CC2)=C1[N+](=O)[O-]. The molecule has 1 aromatic heterocycles. The summed E-state index contributed by atoms with van der Waals surface area (Å²) in [7, 11) is 0. The highest BCUT2D eigenvalue weighted by molar-refractivity contribution is 6.04. The molecule has 2 heterocycles. The van der Waals surface area contributed by atoms with E-state index < -0.39 is 16.4 Å². The van der Waals surface area contributed by atoms with E-state index in [9.17, 15) is 23.7 Å². The lowest BCUT2D eigenvalue weighted by Gasteiger charge is -2.41. The Balaban J connectivity index is 1.46.